The predicted octanol–water partition coefficient (Wildman–Crippen LogP) is 2.54. The van der Waals surface area contributed by atoms with Gasteiger partial charge in [0.05, 0.1) is 16.9 Å². The summed E-state index contributed by atoms with van der Waals surface area (Å²) >= 11 is 6.38. The van der Waals surface area contributed by atoms with Crippen molar-refractivity contribution in [1.82, 2.24) is 29.0 Å². The molecule has 0 spiro atoms. The molecule has 0 bridgehead atoms. The number of fused-ring (bicyclic) bond motifs is 1. The van der Waals surface area contributed by atoms with Crippen LogP contribution in [0.4, 0.5) is 5.95 Å². The molecule has 1 aliphatic heterocycles. The molecular weight excluding hydrogens is 474 g/mol. The Bertz CT molecular complexity index is 1340. The van der Waals surface area contributed by atoms with Gasteiger partial charge in [-0.25, -0.2) is 19.3 Å². The highest BCUT2D eigenvalue weighted by Gasteiger charge is 2.26. The van der Waals surface area contributed by atoms with E-state index in [-0.39, 0.29) is 17.5 Å². The fraction of sp³-hybridized carbons (Fsp3) is 0.478. The minimum Gasteiger partial charge on any atom is -0.458 e. The van der Waals surface area contributed by atoms with Gasteiger partial charge in [0.1, 0.15) is 23.5 Å². The van der Waals surface area contributed by atoms with E-state index >= 15 is 0 Å². The molecule has 0 saturated carbocycles. The number of amides is 1. The number of anilines is 1. The maximum atomic E-state index is 13.1. The van der Waals surface area contributed by atoms with Gasteiger partial charge in [0.25, 0.3) is 5.56 Å². The number of hydrogen-bond acceptors (Lipinski definition) is 8. The van der Waals surface area contributed by atoms with E-state index in [0.717, 1.165) is 6.42 Å². The lowest BCUT2D eigenvalue weighted by Crippen LogP contribution is -2.41. The van der Waals surface area contributed by atoms with Crippen LogP contribution in [0.2, 0.25) is 5.02 Å². The lowest BCUT2D eigenvalue weighted by atomic mass is 10.1. The smallest absolute Gasteiger partial charge is 0.329 e. The van der Waals surface area contributed by atoms with Crippen LogP contribution in [0.3, 0.4) is 0 Å². The van der Waals surface area contributed by atoms with Crippen LogP contribution in [0.25, 0.3) is 16.8 Å². The number of likely N-dealkylation sites (tertiary alicyclic amines) is 1. The van der Waals surface area contributed by atoms with Crippen molar-refractivity contribution >= 4 is 34.9 Å². The van der Waals surface area contributed by atoms with Crippen LogP contribution in [0, 0.1) is 0 Å². The third-order valence-electron chi connectivity index (χ3n) is 5.73. The number of hydrogen-bond donors (Lipinski definition) is 1. The Morgan fingerprint density at radius 3 is 2.74 bits per heavy atom. The molecule has 186 valence electrons. The first-order valence-corrected chi connectivity index (χ1v) is 11.7. The van der Waals surface area contributed by atoms with Crippen molar-refractivity contribution in [2.24, 2.45) is 0 Å². The van der Waals surface area contributed by atoms with E-state index in [1.54, 1.807) is 51.9 Å². The highest BCUT2D eigenvalue weighted by Crippen LogP contribution is 2.28. The molecule has 1 fully saturated rings. The summed E-state index contributed by atoms with van der Waals surface area (Å²) in [6, 6.07) is 0.683. The first-order chi connectivity index (χ1) is 16.4. The van der Waals surface area contributed by atoms with Crippen molar-refractivity contribution in [3.63, 3.8) is 0 Å². The summed E-state index contributed by atoms with van der Waals surface area (Å²) < 4.78 is 8.05. The number of nitrogens with one attached hydrogen (secondary N) is 1. The summed E-state index contributed by atoms with van der Waals surface area (Å²) in [7, 11) is 1.78. The monoisotopic (exact) mass is 501 g/mol. The maximum Gasteiger partial charge on any atom is 0.329 e. The number of carbonyl (C=O) groups is 2. The SMILES string of the molecule is CC(C(=O)OC(C)(C)C)n1cnn2cc(-c3nc(NC4CCN(C)C(=O)C4)ncc3Cl)cc2c1=O. The molecule has 1 aliphatic rings. The fourth-order valence-corrected chi connectivity index (χ4v) is 4.00. The lowest BCUT2D eigenvalue weighted by molar-refractivity contribution is -0.158. The molecule has 3 aromatic rings. The second-order valence-electron chi connectivity index (χ2n) is 9.65. The largest absolute Gasteiger partial charge is 0.458 e. The maximum absolute atomic E-state index is 13.1. The second kappa shape index (κ2) is 9.29. The van der Waals surface area contributed by atoms with E-state index in [9.17, 15) is 14.4 Å². The topological polar surface area (TPSA) is 124 Å². The van der Waals surface area contributed by atoms with Gasteiger partial charge >= 0.3 is 5.97 Å². The number of aromatic nitrogens is 5. The molecule has 1 saturated heterocycles. The molecule has 0 aromatic carbocycles. The van der Waals surface area contributed by atoms with Crippen LogP contribution < -0.4 is 10.9 Å². The highest BCUT2D eigenvalue weighted by atomic mass is 35.5. The van der Waals surface area contributed by atoms with Gasteiger partial charge in [-0.05, 0) is 40.2 Å². The van der Waals surface area contributed by atoms with Crippen LogP contribution in [-0.4, -0.2) is 66.2 Å². The minimum atomic E-state index is -0.853. The third kappa shape index (κ3) is 5.29. The molecule has 0 radical (unpaired) electrons. The van der Waals surface area contributed by atoms with Crippen molar-refractivity contribution in [2.75, 3.05) is 18.9 Å². The zero-order valence-electron chi connectivity index (χ0n) is 20.3. The van der Waals surface area contributed by atoms with Crippen molar-refractivity contribution < 1.29 is 14.3 Å². The van der Waals surface area contributed by atoms with Crippen molar-refractivity contribution in [2.45, 2.75) is 58.2 Å². The Labute approximate surface area is 207 Å². The Kier molecular flexibility index (Phi) is 6.54. The normalized spacial score (nSPS) is 17.5. The van der Waals surface area contributed by atoms with E-state index in [1.807, 2.05) is 0 Å². The zero-order valence-corrected chi connectivity index (χ0v) is 21.0. The molecule has 2 unspecified atom stereocenters. The first kappa shape index (κ1) is 24.6. The fourth-order valence-electron chi connectivity index (χ4n) is 3.80. The van der Waals surface area contributed by atoms with Crippen LogP contribution in [0.5, 0.6) is 0 Å². The quantitative estimate of drug-likeness (QED) is 0.529. The highest BCUT2D eigenvalue weighted by molar-refractivity contribution is 6.32. The molecule has 35 heavy (non-hydrogen) atoms. The van der Waals surface area contributed by atoms with Gasteiger partial charge in [0.15, 0.2) is 0 Å². The van der Waals surface area contributed by atoms with Crippen molar-refractivity contribution in [3.05, 3.63) is 40.2 Å². The average Bonchev–Trinajstić information content (AvgIpc) is 3.21. The lowest BCUT2D eigenvalue weighted by Gasteiger charge is -2.29. The van der Waals surface area contributed by atoms with Crippen LogP contribution >= 0.6 is 11.6 Å². The van der Waals surface area contributed by atoms with E-state index < -0.39 is 23.2 Å². The van der Waals surface area contributed by atoms with Crippen LogP contribution in [-0.2, 0) is 14.3 Å². The molecule has 11 nitrogen and oxygen atoms in total. The van der Waals surface area contributed by atoms with Gasteiger partial charge in [-0.15, -0.1) is 0 Å². The van der Waals surface area contributed by atoms with E-state index in [4.69, 9.17) is 16.3 Å². The van der Waals surface area contributed by atoms with Gasteiger partial charge in [0.2, 0.25) is 11.9 Å². The summed E-state index contributed by atoms with van der Waals surface area (Å²) in [4.78, 5) is 48.1. The number of ether oxygens (including phenoxy) is 1. The van der Waals surface area contributed by atoms with Crippen LogP contribution in [0.15, 0.2) is 29.6 Å². The summed E-state index contributed by atoms with van der Waals surface area (Å²) in [5, 5.41) is 7.78. The molecule has 12 heteroatoms. The van der Waals surface area contributed by atoms with Gasteiger partial charge in [-0.2, -0.15) is 5.10 Å². The summed E-state index contributed by atoms with van der Waals surface area (Å²) in [5.74, 6) is -0.130. The number of halogens is 1. The first-order valence-electron chi connectivity index (χ1n) is 11.3. The zero-order chi connectivity index (χ0) is 25.5. The Morgan fingerprint density at radius 1 is 1.31 bits per heavy atom. The number of nitrogens with zero attached hydrogens (tertiary/aromatic N) is 6. The van der Waals surface area contributed by atoms with Crippen molar-refractivity contribution in [3.8, 4) is 11.3 Å². The van der Waals surface area contributed by atoms with E-state index in [2.05, 4.69) is 20.4 Å². The Morgan fingerprint density at radius 2 is 2.06 bits per heavy atom. The van der Waals surface area contributed by atoms with Gasteiger partial charge in [-0.1, -0.05) is 11.6 Å². The molecule has 2 atom stereocenters. The van der Waals surface area contributed by atoms with Gasteiger partial charge in [0, 0.05) is 37.8 Å². The predicted molar refractivity (Wildman–Crippen MR) is 130 cm³/mol. The Balaban J connectivity index is 1.62. The number of piperidine rings is 1. The summed E-state index contributed by atoms with van der Waals surface area (Å²) in [5.41, 5.74) is 0.152. The number of rotatable bonds is 5. The standard InChI is InChI=1S/C23H28ClN7O4/c1-13(21(34)35-23(2,3)4)30-12-26-31-11-14(8-17(31)20(30)33)19-16(24)10-25-22(28-19)27-15-6-7-29(5)18(32)9-15/h8,10-13,15H,6-7,9H2,1-5H3,(H,25,27,28). The van der Waals surface area contributed by atoms with Crippen LogP contribution in [0.1, 0.15) is 46.6 Å². The summed E-state index contributed by atoms with van der Waals surface area (Å²) in [6.45, 7) is 7.53. The van der Waals surface area contributed by atoms with Crippen molar-refractivity contribution in [1.29, 1.82) is 0 Å². The molecular formula is C23H28ClN7O4. The summed E-state index contributed by atoms with van der Waals surface area (Å²) in [6.07, 6.45) is 5.55. The van der Waals surface area contributed by atoms with Gasteiger partial charge < -0.3 is 15.0 Å². The molecule has 4 heterocycles. The van der Waals surface area contributed by atoms with Gasteiger partial charge in [-0.3, -0.25) is 14.2 Å². The molecule has 1 amide bonds. The molecule has 0 aliphatic carbocycles. The second-order valence-corrected chi connectivity index (χ2v) is 10.1. The Hall–Kier alpha value is -3.47. The van der Waals surface area contributed by atoms with E-state index in [0.29, 0.717) is 35.2 Å². The average molecular weight is 502 g/mol. The third-order valence-corrected chi connectivity index (χ3v) is 6.01. The number of carbonyl (C=O) groups excluding carboxylic acids is 2. The molecule has 1 N–H and O–H groups in total. The number of esters is 1. The molecule has 4 rings (SSSR count). The minimum absolute atomic E-state index is 0.0598. The van der Waals surface area contributed by atoms with E-state index in [1.165, 1.54) is 21.6 Å². The molecule has 3 aromatic heterocycles.